The molecule has 1 aromatic rings. The van der Waals surface area contributed by atoms with Crippen molar-refractivity contribution in [3.8, 4) is 0 Å². The second-order valence-corrected chi connectivity index (χ2v) is 5.87. The van der Waals surface area contributed by atoms with Crippen molar-refractivity contribution in [2.75, 3.05) is 33.9 Å². The molecule has 0 saturated heterocycles. The Labute approximate surface area is 119 Å². The predicted octanol–water partition coefficient (Wildman–Crippen LogP) is 1.30. The van der Waals surface area contributed by atoms with Crippen LogP contribution in [0.2, 0.25) is 0 Å². The third kappa shape index (κ3) is 6.98. The van der Waals surface area contributed by atoms with E-state index < -0.39 is 6.10 Å². The summed E-state index contributed by atoms with van der Waals surface area (Å²) in [4.78, 5) is 6.45. The minimum Gasteiger partial charge on any atom is -0.389 e. The molecular weight excluding hydrogens is 264 g/mol. The Morgan fingerprint density at radius 3 is 2.79 bits per heavy atom. The lowest BCUT2D eigenvalue weighted by atomic mass is 10.3. The standard InChI is InChI=1S/C13H24N2O3S/c1-10(7-17-4)18-8-13(16)6-15(3)5-12-9-19-11(2)14-12/h9-10,13,16H,5-8H2,1-4H3. The molecule has 0 aliphatic carbocycles. The van der Waals surface area contributed by atoms with E-state index in [1.807, 2.05) is 25.8 Å². The molecule has 0 radical (unpaired) electrons. The second-order valence-electron chi connectivity index (χ2n) is 4.81. The Morgan fingerprint density at radius 2 is 2.21 bits per heavy atom. The summed E-state index contributed by atoms with van der Waals surface area (Å²) in [6, 6.07) is 0. The number of aryl methyl sites for hydroxylation is 1. The van der Waals surface area contributed by atoms with Crippen LogP contribution in [-0.2, 0) is 16.0 Å². The third-order valence-electron chi connectivity index (χ3n) is 2.60. The van der Waals surface area contributed by atoms with Gasteiger partial charge in [-0.05, 0) is 20.9 Å². The zero-order chi connectivity index (χ0) is 14.3. The van der Waals surface area contributed by atoms with Crippen molar-refractivity contribution < 1.29 is 14.6 Å². The molecular formula is C13H24N2O3S. The number of hydrogen-bond acceptors (Lipinski definition) is 6. The number of thiazole rings is 1. The monoisotopic (exact) mass is 288 g/mol. The second kappa shape index (κ2) is 8.60. The van der Waals surface area contributed by atoms with Crippen LogP contribution < -0.4 is 0 Å². The molecule has 110 valence electrons. The van der Waals surface area contributed by atoms with Gasteiger partial charge < -0.3 is 14.6 Å². The highest BCUT2D eigenvalue weighted by molar-refractivity contribution is 7.09. The highest BCUT2D eigenvalue weighted by Gasteiger charge is 2.12. The lowest BCUT2D eigenvalue weighted by Gasteiger charge is -2.21. The third-order valence-corrected chi connectivity index (χ3v) is 3.42. The van der Waals surface area contributed by atoms with Crippen LogP contribution >= 0.6 is 11.3 Å². The van der Waals surface area contributed by atoms with Gasteiger partial charge in [-0.2, -0.15) is 0 Å². The summed E-state index contributed by atoms with van der Waals surface area (Å²) in [6.45, 7) is 6.10. The average molecular weight is 288 g/mol. The summed E-state index contributed by atoms with van der Waals surface area (Å²) >= 11 is 1.65. The summed E-state index contributed by atoms with van der Waals surface area (Å²) in [7, 11) is 3.61. The first kappa shape index (κ1) is 16.5. The summed E-state index contributed by atoms with van der Waals surface area (Å²) in [6.07, 6.45) is -0.491. The van der Waals surface area contributed by atoms with Gasteiger partial charge in [0.05, 0.1) is 36.1 Å². The highest BCUT2D eigenvalue weighted by Crippen LogP contribution is 2.09. The Bertz CT molecular complexity index is 359. The van der Waals surface area contributed by atoms with Crippen molar-refractivity contribution in [2.45, 2.75) is 32.6 Å². The molecule has 19 heavy (non-hydrogen) atoms. The van der Waals surface area contributed by atoms with E-state index in [2.05, 4.69) is 10.4 Å². The molecule has 0 amide bonds. The summed E-state index contributed by atoms with van der Waals surface area (Å²) < 4.78 is 10.5. The largest absolute Gasteiger partial charge is 0.389 e. The zero-order valence-corrected chi connectivity index (χ0v) is 12.9. The van der Waals surface area contributed by atoms with E-state index in [4.69, 9.17) is 9.47 Å². The van der Waals surface area contributed by atoms with Gasteiger partial charge in [0.15, 0.2) is 0 Å². The van der Waals surface area contributed by atoms with Gasteiger partial charge >= 0.3 is 0 Å². The number of rotatable bonds is 9. The van der Waals surface area contributed by atoms with E-state index in [9.17, 15) is 5.11 Å². The van der Waals surface area contributed by atoms with Crippen LogP contribution in [0.3, 0.4) is 0 Å². The van der Waals surface area contributed by atoms with E-state index in [-0.39, 0.29) is 6.10 Å². The number of aromatic nitrogens is 1. The Morgan fingerprint density at radius 1 is 1.47 bits per heavy atom. The number of nitrogens with zero attached hydrogens (tertiary/aromatic N) is 2. The maximum Gasteiger partial charge on any atom is 0.0900 e. The number of aliphatic hydroxyl groups is 1. The highest BCUT2D eigenvalue weighted by atomic mass is 32.1. The molecule has 0 bridgehead atoms. The Hall–Kier alpha value is -0.530. The molecule has 0 aromatic carbocycles. The van der Waals surface area contributed by atoms with Crippen LogP contribution in [0.4, 0.5) is 0 Å². The molecule has 1 rings (SSSR count). The summed E-state index contributed by atoms with van der Waals surface area (Å²) in [5, 5.41) is 13.0. The van der Waals surface area contributed by atoms with Crippen LogP contribution in [0.1, 0.15) is 17.6 Å². The van der Waals surface area contributed by atoms with Crippen LogP contribution in [0, 0.1) is 6.92 Å². The predicted molar refractivity (Wildman–Crippen MR) is 76.5 cm³/mol. The van der Waals surface area contributed by atoms with Crippen LogP contribution in [0.25, 0.3) is 0 Å². The van der Waals surface area contributed by atoms with Gasteiger partial charge in [0, 0.05) is 25.6 Å². The molecule has 1 heterocycles. The van der Waals surface area contributed by atoms with Crippen molar-refractivity contribution in [1.29, 1.82) is 0 Å². The molecule has 0 aliphatic rings. The molecule has 2 atom stereocenters. The van der Waals surface area contributed by atoms with E-state index in [0.717, 1.165) is 17.2 Å². The van der Waals surface area contributed by atoms with Crippen molar-refractivity contribution in [3.63, 3.8) is 0 Å². The first-order valence-corrected chi connectivity index (χ1v) is 7.27. The SMILES string of the molecule is COCC(C)OCC(O)CN(C)Cc1csc(C)n1. The van der Waals surface area contributed by atoms with Gasteiger partial charge in [-0.3, -0.25) is 4.90 Å². The Balaban J connectivity index is 2.22. The van der Waals surface area contributed by atoms with E-state index in [0.29, 0.717) is 19.8 Å². The molecule has 6 heteroatoms. The van der Waals surface area contributed by atoms with Crippen molar-refractivity contribution >= 4 is 11.3 Å². The lowest BCUT2D eigenvalue weighted by Crippen LogP contribution is -2.33. The Kier molecular flexibility index (Phi) is 7.48. The zero-order valence-electron chi connectivity index (χ0n) is 12.1. The molecule has 0 saturated carbocycles. The minimum atomic E-state index is -0.496. The van der Waals surface area contributed by atoms with Gasteiger partial charge in [0.1, 0.15) is 0 Å². The normalized spacial score (nSPS) is 14.8. The quantitative estimate of drug-likeness (QED) is 0.742. The van der Waals surface area contributed by atoms with Gasteiger partial charge in [0.25, 0.3) is 0 Å². The number of methoxy groups -OCH3 is 1. The minimum absolute atomic E-state index is 0.00569. The van der Waals surface area contributed by atoms with E-state index in [1.165, 1.54) is 0 Å². The lowest BCUT2D eigenvalue weighted by molar-refractivity contribution is -0.0385. The molecule has 2 unspecified atom stereocenters. The molecule has 5 nitrogen and oxygen atoms in total. The van der Waals surface area contributed by atoms with Gasteiger partial charge in [-0.1, -0.05) is 0 Å². The van der Waals surface area contributed by atoms with Crippen molar-refractivity contribution in [2.24, 2.45) is 0 Å². The fraction of sp³-hybridized carbons (Fsp3) is 0.769. The summed E-state index contributed by atoms with van der Waals surface area (Å²) in [5.41, 5.74) is 1.05. The van der Waals surface area contributed by atoms with Gasteiger partial charge in [0.2, 0.25) is 0 Å². The maximum atomic E-state index is 9.89. The topological polar surface area (TPSA) is 54.8 Å². The molecule has 0 spiro atoms. The number of likely N-dealkylation sites (N-methyl/N-ethyl adjacent to an activating group) is 1. The number of ether oxygens (including phenoxy) is 2. The van der Waals surface area contributed by atoms with Crippen LogP contribution in [0.5, 0.6) is 0 Å². The fourth-order valence-corrected chi connectivity index (χ4v) is 2.40. The van der Waals surface area contributed by atoms with Gasteiger partial charge in [-0.25, -0.2) is 4.98 Å². The number of hydrogen-bond donors (Lipinski definition) is 1. The molecule has 1 N–H and O–H groups in total. The molecule has 0 aliphatic heterocycles. The van der Waals surface area contributed by atoms with Crippen LogP contribution in [-0.4, -0.2) is 61.1 Å². The molecule has 0 fully saturated rings. The first-order chi connectivity index (χ1) is 9.01. The van der Waals surface area contributed by atoms with E-state index in [1.54, 1.807) is 18.4 Å². The van der Waals surface area contributed by atoms with Crippen LogP contribution in [0.15, 0.2) is 5.38 Å². The van der Waals surface area contributed by atoms with Crippen molar-refractivity contribution in [1.82, 2.24) is 9.88 Å². The maximum absolute atomic E-state index is 9.89. The van der Waals surface area contributed by atoms with Gasteiger partial charge in [-0.15, -0.1) is 11.3 Å². The smallest absolute Gasteiger partial charge is 0.0900 e. The fourth-order valence-electron chi connectivity index (χ4n) is 1.79. The first-order valence-electron chi connectivity index (χ1n) is 6.39. The van der Waals surface area contributed by atoms with Crippen molar-refractivity contribution in [3.05, 3.63) is 16.1 Å². The number of aliphatic hydroxyl groups excluding tert-OH is 1. The molecule has 1 aromatic heterocycles. The summed E-state index contributed by atoms with van der Waals surface area (Å²) in [5.74, 6) is 0. The van der Waals surface area contributed by atoms with E-state index >= 15 is 0 Å². The average Bonchev–Trinajstić information content (AvgIpc) is 2.72.